The summed E-state index contributed by atoms with van der Waals surface area (Å²) in [6, 6.07) is 21.4. The third kappa shape index (κ3) is 5.27. The molecule has 0 radical (unpaired) electrons. The standard InChI is InChI=1S/C37H33FN2O4/c1-22-17-32(43-21-23-6-7-23)28(30(41)20-37(14-15-37)33-5-3-4-16-40-33)19-27(22)25-10-13-31-29(18-25)34(36(42)39-2)35(44-31)24-8-11-26(38)12-9-24/h3-5,8-13,16-19,23H,6-7,14-15,20-21H2,1-2H3,(H,39,42). The number of amides is 1. The molecule has 0 saturated heterocycles. The number of furan rings is 1. The molecule has 6 nitrogen and oxygen atoms in total. The van der Waals surface area contributed by atoms with Crippen LogP contribution in [0.4, 0.5) is 4.39 Å². The van der Waals surface area contributed by atoms with Crippen molar-refractivity contribution in [3.8, 4) is 28.2 Å². The molecule has 44 heavy (non-hydrogen) atoms. The SMILES string of the molecule is CNC(=O)c1c(-c2ccc(F)cc2)oc2ccc(-c3cc(C(=O)CC4(c5ccccn5)CC4)c(OCC4CC4)cc3C)cc12. The lowest BCUT2D eigenvalue weighted by Gasteiger charge is -2.18. The lowest BCUT2D eigenvalue weighted by atomic mass is 9.89. The Morgan fingerprint density at radius 3 is 2.48 bits per heavy atom. The molecule has 5 aromatic rings. The molecule has 0 bridgehead atoms. The number of aryl methyl sites for hydroxylation is 1. The maximum Gasteiger partial charge on any atom is 0.255 e. The highest BCUT2D eigenvalue weighted by Gasteiger charge is 2.47. The number of ketones is 1. The zero-order valence-electron chi connectivity index (χ0n) is 24.8. The van der Waals surface area contributed by atoms with Crippen molar-refractivity contribution >= 4 is 22.7 Å². The van der Waals surface area contributed by atoms with Crippen molar-refractivity contribution in [2.75, 3.05) is 13.7 Å². The highest BCUT2D eigenvalue weighted by Crippen LogP contribution is 2.51. The largest absolute Gasteiger partial charge is 0.493 e. The molecule has 2 saturated carbocycles. The number of benzene rings is 3. The van der Waals surface area contributed by atoms with E-state index in [1.807, 2.05) is 55.5 Å². The highest BCUT2D eigenvalue weighted by molar-refractivity contribution is 6.12. The quantitative estimate of drug-likeness (QED) is 0.167. The Morgan fingerprint density at radius 1 is 1.02 bits per heavy atom. The van der Waals surface area contributed by atoms with Crippen LogP contribution in [0, 0.1) is 18.7 Å². The molecular weight excluding hydrogens is 555 g/mol. The van der Waals surface area contributed by atoms with Gasteiger partial charge in [-0.25, -0.2) is 4.39 Å². The molecule has 2 heterocycles. The fourth-order valence-electron chi connectivity index (χ4n) is 6.00. The van der Waals surface area contributed by atoms with Crippen LogP contribution in [0.3, 0.4) is 0 Å². The van der Waals surface area contributed by atoms with Crippen LogP contribution in [0.1, 0.15) is 64.1 Å². The van der Waals surface area contributed by atoms with Crippen LogP contribution in [0.25, 0.3) is 33.4 Å². The minimum atomic E-state index is -0.369. The maximum absolute atomic E-state index is 14.0. The van der Waals surface area contributed by atoms with Gasteiger partial charge in [0.2, 0.25) is 0 Å². The van der Waals surface area contributed by atoms with Crippen molar-refractivity contribution in [3.05, 3.63) is 107 Å². The fraction of sp³-hybridized carbons (Fsp3) is 0.270. The molecule has 2 aliphatic rings. The van der Waals surface area contributed by atoms with Crippen LogP contribution in [0.5, 0.6) is 5.75 Å². The molecule has 2 aromatic heterocycles. The molecule has 0 atom stereocenters. The van der Waals surface area contributed by atoms with Crippen molar-refractivity contribution in [3.63, 3.8) is 0 Å². The van der Waals surface area contributed by atoms with Crippen molar-refractivity contribution in [1.29, 1.82) is 0 Å². The van der Waals surface area contributed by atoms with Gasteiger partial charge < -0.3 is 14.5 Å². The summed E-state index contributed by atoms with van der Waals surface area (Å²) in [6.45, 7) is 2.61. The second kappa shape index (κ2) is 11.1. The molecule has 0 spiro atoms. The van der Waals surface area contributed by atoms with Gasteiger partial charge in [-0.15, -0.1) is 0 Å². The number of pyridine rings is 1. The van der Waals surface area contributed by atoms with E-state index in [0.717, 1.165) is 48.1 Å². The number of carbonyl (C=O) groups is 2. The van der Waals surface area contributed by atoms with E-state index in [1.54, 1.807) is 25.4 Å². The van der Waals surface area contributed by atoms with Crippen LogP contribution in [-0.2, 0) is 5.41 Å². The molecule has 3 aromatic carbocycles. The van der Waals surface area contributed by atoms with E-state index in [4.69, 9.17) is 9.15 Å². The fourth-order valence-corrected chi connectivity index (χ4v) is 6.00. The minimum Gasteiger partial charge on any atom is -0.493 e. The molecule has 2 fully saturated rings. The number of halogens is 1. The van der Waals surface area contributed by atoms with Crippen LogP contribution in [-0.4, -0.2) is 30.3 Å². The Labute approximate surface area is 255 Å². The van der Waals surface area contributed by atoms with Gasteiger partial charge in [0.1, 0.15) is 22.9 Å². The van der Waals surface area contributed by atoms with E-state index in [9.17, 15) is 14.0 Å². The first kappa shape index (κ1) is 28.0. The summed E-state index contributed by atoms with van der Waals surface area (Å²) in [5.74, 6) is 0.899. The monoisotopic (exact) mass is 588 g/mol. The summed E-state index contributed by atoms with van der Waals surface area (Å²) in [7, 11) is 1.57. The van der Waals surface area contributed by atoms with E-state index in [2.05, 4.69) is 10.3 Å². The number of carbonyl (C=O) groups excluding carboxylic acids is 2. The highest BCUT2D eigenvalue weighted by atomic mass is 19.1. The summed E-state index contributed by atoms with van der Waals surface area (Å²) in [6.07, 6.45) is 6.33. The summed E-state index contributed by atoms with van der Waals surface area (Å²) in [5.41, 5.74) is 5.50. The molecule has 7 rings (SSSR count). The predicted octanol–water partition coefficient (Wildman–Crippen LogP) is 8.06. The number of ether oxygens (including phenoxy) is 1. The topological polar surface area (TPSA) is 81.4 Å². The third-order valence-electron chi connectivity index (χ3n) is 8.92. The molecule has 1 N–H and O–H groups in total. The summed E-state index contributed by atoms with van der Waals surface area (Å²) in [5, 5.41) is 3.35. The van der Waals surface area contributed by atoms with Crippen LogP contribution in [0.2, 0.25) is 0 Å². The number of nitrogens with zero attached hydrogens (tertiary/aromatic N) is 1. The first-order valence-electron chi connectivity index (χ1n) is 15.1. The Kier molecular flexibility index (Phi) is 7.04. The van der Waals surface area contributed by atoms with Gasteiger partial charge >= 0.3 is 0 Å². The molecule has 222 valence electrons. The zero-order valence-corrected chi connectivity index (χ0v) is 24.8. The number of Topliss-reactive ketones (excluding diaryl/α,β-unsaturated/α-hetero) is 1. The van der Waals surface area contributed by atoms with Gasteiger partial charge in [0.05, 0.1) is 17.7 Å². The van der Waals surface area contributed by atoms with E-state index < -0.39 is 0 Å². The van der Waals surface area contributed by atoms with Crippen LogP contribution < -0.4 is 10.1 Å². The van der Waals surface area contributed by atoms with Gasteiger partial charge in [0, 0.05) is 41.7 Å². The van der Waals surface area contributed by atoms with Crippen molar-refractivity contribution in [1.82, 2.24) is 10.3 Å². The average Bonchev–Trinajstić information content (AvgIpc) is 3.98. The third-order valence-corrected chi connectivity index (χ3v) is 8.92. The van der Waals surface area contributed by atoms with E-state index in [-0.39, 0.29) is 22.9 Å². The average molecular weight is 589 g/mol. The number of fused-ring (bicyclic) bond motifs is 1. The van der Waals surface area contributed by atoms with E-state index >= 15 is 0 Å². The zero-order chi connectivity index (χ0) is 30.4. The molecular formula is C37H33FN2O4. The van der Waals surface area contributed by atoms with Gasteiger partial charge in [0.25, 0.3) is 5.91 Å². The maximum atomic E-state index is 14.0. The smallest absolute Gasteiger partial charge is 0.255 e. The van der Waals surface area contributed by atoms with Gasteiger partial charge in [-0.1, -0.05) is 12.1 Å². The Morgan fingerprint density at radius 2 is 1.80 bits per heavy atom. The Bertz CT molecular complexity index is 1890. The predicted molar refractivity (Wildman–Crippen MR) is 167 cm³/mol. The van der Waals surface area contributed by atoms with Crippen molar-refractivity contribution in [2.24, 2.45) is 5.92 Å². The molecule has 2 aliphatic carbocycles. The normalized spacial score (nSPS) is 15.2. The van der Waals surface area contributed by atoms with Crippen molar-refractivity contribution < 1.29 is 23.1 Å². The number of rotatable bonds is 10. The second-order valence-electron chi connectivity index (χ2n) is 12.1. The van der Waals surface area contributed by atoms with Gasteiger partial charge in [0.15, 0.2) is 5.78 Å². The molecule has 7 heteroatoms. The molecule has 1 amide bonds. The first-order valence-corrected chi connectivity index (χ1v) is 15.1. The Balaban J connectivity index is 1.30. The van der Waals surface area contributed by atoms with Gasteiger partial charge in [-0.05, 0) is 116 Å². The second-order valence-corrected chi connectivity index (χ2v) is 12.1. The van der Waals surface area contributed by atoms with Gasteiger partial charge in [-0.3, -0.25) is 14.6 Å². The lowest BCUT2D eigenvalue weighted by Crippen LogP contribution is -2.18. The van der Waals surface area contributed by atoms with Gasteiger partial charge in [-0.2, -0.15) is 0 Å². The number of hydrogen-bond donors (Lipinski definition) is 1. The Hall–Kier alpha value is -4.78. The van der Waals surface area contributed by atoms with E-state index in [0.29, 0.717) is 58.1 Å². The summed E-state index contributed by atoms with van der Waals surface area (Å²) in [4.78, 5) is 31.7. The lowest BCUT2D eigenvalue weighted by molar-refractivity contribution is 0.0956. The summed E-state index contributed by atoms with van der Waals surface area (Å²) >= 11 is 0. The molecule has 0 unspecified atom stereocenters. The number of aromatic nitrogens is 1. The van der Waals surface area contributed by atoms with Crippen LogP contribution in [0.15, 0.2) is 83.4 Å². The number of hydrogen-bond acceptors (Lipinski definition) is 5. The number of nitrogens with one attached hydrogen (secondary N) is 1. The minimum absolute atomic E-state index is 0.0363. The van der Waals surface area contributed by atoms with E-state index in [1.165, 1.54) is 12.1 Å². The van der Waals surface area contributed by atoms with Crippen molar-refractivity contribution in [2.45, 2.75) is 44.4 Å². The van der Waals surface area contributed by atoms with Crippen LogP contribution >= 0.6 is 0 Å². The first-order chi connectivity index (χ1) is 21.3. The molecule has 0 aliphatic heterocycles. The summed E-state index contributed by atoms with van der Waals surface area (Å²) < 4.78 is 26.1.